The van der Waals surface area contributed by atoms with E-state index in [4.69, 9.17) is 0 Å². The van der Waals surface area contributed by atoms with Crippen LogP contribution in [-0.4, -0.2) is 21.8 Å². The van der Waals surface area contributed by atoms with Crippen LogP contribution in [0, 0.1) is 13.8 Å². The molecule has 0 saturated heterocycles. The van der Waals surface area contributed by atoms with Gasteiger partial charge in [-0.2, -0.15) is 0 Å². The van der Waals surface area contributed by atoms with Gasteiger partial charge in [-0.1, -0.05) is 44.5 Å². The van der Waals surface area contributed by atoms with Gasteiger partial charge in [0.05, 0.1) is 0 Å². The summed E-state index contributed by atoms with van der Waals surface area (Å²) >= 11 is 0. The Morgan fingerprint density at radius 1 is 1.26 bits per heavy atom. The molecule has 108 valence electrons. The fraction of sp³-hybridized carbons (Fsp3) is 0.625. The van der Waals surface area contributed by atoms with E-state index in [2.05, 4.69) is 44.3 Å². The molecule has 0 aromatic heterocycles. The molecule has 1 aromatic carbocycles. The molecule has 0 spiro atoms. The maximum absolute atomic E-state index is 12.2. The van der Waals surface area contributed by atoms with E-state index in [0.717, 1.165) is 13.0 Å². The lowest BCUT2D eigenvalue weighted by atomic mass is 10.00. The first-order valence-corrected chi connectivity index (χ1v) is 8.51. The second-order valence-electron chi connectivity index (χ2n) is 5.46. The molecule has 0 fully saturated rings. The molecule has 1 N–H and O–H groups in total. The Bertz CT molecular complexity index is 429. The molecular weight excluding hydrogens is 254 g/mol. The molecule has 0 amide bonds. The summed E-state index contributed by atoms with van der Waals surface area (Å²) < 4.78 is 12.2. The predicted octanol–water partition coefficient (Wildman–Crippen LogP) is 3.50. The minimum absolute atomic E-state index is 0.197. The van der Waals surface area contributed by atoms with Gasteiger partial charge in [0.1, 0.15) is 0 Å². The standard InChI is InChI=1S/C16H27NOS/c1-6-9-17-16(11-19(18)12(2)3)15-10-13(4)7-8-14(15)5/h7-8,10,12,16-17H,6,9,11H2,1-5H3. The molecule has 1 rings (SSSR count). The molecule has 19 heavy (non-hydrogen) atoms. The van der Waals surface area contributed by atoms with Gasteiger partial charge in [-0.15, -0.1) is 0 Å². The van der Waals surface area contributed by atoms with Gasteiger partial charge in [0.2, 0.25) is 0 Å². The summed E-state index contributed by atoms with van der Waals surface area (Å²) in [5.74, 6) is 0.696. The zero-order chi connectivity index (χ0) is 14.4. The number of benzene rings is 1. The van der Waals surface area contributed by atoms with Crippen LogP contribution in [0.25, 0.3) is 0 Å². The third-order valence-corrected chi connectivity index (χ3v) is 5.02. The van der Waals surface area contributed by atoms with Crippen molar-refractivity contribution in [1.82, 2.24) is 5.32 Å². The summed E-state index contributed by atoms with van der Waals surface area (Å²) in [5, 5.41) is 3.77. The van der Waals surface area contributed by atoms with Gasteiger partial charge in [-0.05, 0) is 37.9 Å². The summed E-state index contributed by atoms with van der Waals surface area (Å²) in [6, 6.07) is 6.71. The van der Waals surface area contributed by atoms with Crippen LogP contribution in [0.2, 0.25) is 0 Å². The first kappa shape index (κ1) is 16.4. The van der Waals surface area contributed by atoms with Crippen molar-refractivity contribution >= 4 is 10.8 Å². The maximum atomic E-state index is 12.2. The second-order valence-corrected chi connectivity index (χ2v) is 7.50. The highest BCUT2D eigenvalue weighted by Crippen LogP contribution is 2.21. The van der Waals surface area contributed by atoms with Crippen LogP contribution in [0.1, 0.15) is 49.9 Å². The number of nitrogens with one attached hydrogen (secondary N) is 1. The monoisotopic (exact) mass is 281 g/mol. The molecule has 2 unspecified atom stereocenters. The Kier molecular flexibility index (Phi) is 6.73. The van der Waals surface area contributed by atoms with Crippen molar-refractivity contribution < 1.29 is 4.21 Å². The Hall–Kier alpha value is -0.670. The number of aryl methyl sites for hydroxylation is 2. The van der Waals surface area contributed by atoms with Crippen LogP contribution in [0.5, 0.6) is 0 Å². The second kappa shape index (κ2) is 7.81. The average molecular weight is 281 g/mol. The van der Waals surface area contributed by atoms with E-state index in [1.165, 1.54) is 16.7 Å². The molecule has 0 saturated carbocycles. The summed E-state index contributed by atoms with van der Waals surface area (Å²) in [6.45, 7) is 11.4. The molecular formula is C16H27NOS. The van der Waals surface area contributed by atoms with Gasteiger partial charge in [0.25, 0.3) is 0 Å². The summed E-state index contributed by atoms with van der Waals surface area (Å²) in [7, 11) is -0.783. The van der Waals surface area contributed by atoms with Crippen LogP contribution in [-0.2, 0) is 10.8 Å². The largest absolute Gasteiger partial charge is 0.309 e. The van der Waals surface area contributed by atoms with Crippen molar-refractivity contribution in [2.45, 2.75) is 52.3 Å². The highest BCUT2D eigenvalue weighted by atomic mass is 32.2. The predicted molar refractivity (Wildman–Crippen MR) is 85.1 cm³/mol. The number of rotatable bonds is 7. The molecule has 0 radical (unpaired) electrons. The van der Waals surface area contributed by atoms with Crippen LogP contribution in [0.3, 0.4) is 0 Å². The van der Waals surface area contributed by atoms with E-state index in [0.29, 0.717) is 5.75 Å². The van der Waals surface area contributed by atoms with Crippen LogP contribution in [0.4, 0.5) is 0 Å². The SMILES string of the molecule is CCCNC(CS(=O)C(C)C)c1cc(C)ccc1C. The Balaban J connectivity index is 2.95. The highest BCUT2D eigenvalue weighted by Gasteiger charge is 2.18. The number of hydrogen-bond acceptors (Lipinski definition) is 2. The normalized spacial score (nSPS) is 14.6. The van der Waals surface area contributed by atoms with Crippen LogP contribution < -0.4 is 5.32 Å². The van der Waals surface area contributed by atoms with Crippen molar-refractivity contribution in [3.8, 4) is 0 Å². The Morgan fingerprint density at radius 3 is 2.53 bits per heavy atom. The molecule has 0 aliphatic rings. The van der Waals surface area contributed by atoms with Gasteiger partial charge in [-0.3, -0.25) is 4.21 Å². The highest BCUT2D eigenvalue weighted by molar-refractivity contribution is 7.85. The first-order valence-electron chi connectivity index (χ1n) is 7.13. The lowest BCUT2D eigenvalue weighted by molar-refractivity contribution is 0.566. The molecule has 2 nitrogen and oxygen atoms in total. The van der Waals surface area contributed by atoms with E-state index in [1.807, 2.05) is 13.8 Å². The summed E-state index contributed by atoms with van der Waals surface area (Å²) in [6.07, 6.45) is 1.09. The molecule has 0 aliphatic carbocycles. The minimum atomic E-state index is -0.783. The Morgan fingerprint density at radius 2 is 1.95 bits per heavy atom. The summed E-state index contributed by atoms with van der Waals surface area (Å²) in [5.41, 5.74) is 3.83. The zero-order valence-corrected chi connectivity index (χ0v) is 13.6. The number of hydrogen-bond donors (Lipinski definition) is 1. The molecule has 0 heterocycles. The molecule has 0 bridgehead atoms. The fourth-order valence-corrected chi connectivity index (χ4v) is 3.08. The van der Waals surface area contributed by atoms with E-state index >= 15 is 0 Å². The van der Waals surface area contributed by atoms with Gasteiger partial charge < -0.3 is 5.32 Å². The minimum Gasteiger partial charge on any atom is -0.309 e. The van der Waals surface area contributed by atoms with Gasteiger partial charge in [0, 0.05) is 27.8 Å². The van der Waals surface area contributed by atoms with Crippen molar-refractivity contribution in [2.24, 2.45) is 0 Å². The van der Waals surface area contributed by atoms with Crippen molar-refractivity contribution in [3.63, 3.8) is 0 Å². The molecule has 1 aromatic rings. The molecule has 3 heteroatoms. The molecule has 2 atom stereocenters. The van der Waals surface area contributed by atoms with Gasteiger partial charge in [0.15, 0.2) is 0 Å². The van der Waals surface area contributed by atoms with Crippen LogP contribution >= 0.6 is 0 Å². The third-order valence-electron chi connectivity index (χ3n) is 3.31. The fourth-order valence-electron chi connectivity index (χ4n) is 2.07. The average Bonchev–Trinajstić information content (AvgIpc) is 2.37. The first-order chi connectivity index (χ1) is 8.95. The van der Waals surface area contributed by atoms with Gasteiger partial charge >= 0.3 is 0 Å². The molecule has 0 aliphatic heterocycles. The lowest BCUT2D eigenvalue weighted by Crippen LogP contribution is -2.29. The van der Waals surface area contributed by atoms with Crippen molar-refractivity contribution in [1.29, 1.82) is 0 Å². The smallest absolute Gasteiger partial charge is 0.0439 e. The van der Waals surface area contributed by atoms with Crippen molar-refractivity contribution in [2.75, 3.05) is 12.3 Å². The van der Waals surface area contributed by atoms with E-state index in [-0.39, 0.29) is 11.3 Å². The van der Waals surface area contributed by atoms with E-state index in [1.54, 1.807) is 0 Å². The van der Waals surface area contributed by atoms with E-state index < -0.39 is 10.8 Å². The van der Waals surface area contributed by atoms with Crippen LogP contribution in [0.15, 0.2) is 18.2 Å². The van der Waals surface area contributed by atoms with Gasteiger partial charge in [-0.25, -0.2) is 0 Å². The topological polar surface area (TPSA) is 29.1 Å². The maximum Gasteiger partial charge on any atom is 0.0439 e. The Labute approximate surface area is 120 Å². The lowest BCUT2D eigenvalue weighted by Gasteiger charge is -2.22. The summed E-state index contributed by atoms with van der Waals surface area (Å²) in [4.78, 5) is 0. The quantitative estimate of drug-likeness (QED) is 0.829. The zero-order valence-electron chi connectivity index (χ0n) is 12.8. The third kappa shape index (κ3) is 5.07. The van der Waals surface area contributed by atoms with E-state index in [9.17, 15) is 4.21 Å². The van der Waals surface area contributed by atoms with Crippen molar-refractivity contribution in [3.05, 3.63) is 34.9 Å².